The van der Waals surface area contributed by atoms with Crippen molar-refractivity contribution in [2.45, 2.75) is 0 Å². The minimum absolute atomic E-state index is 0.220. The van der Waals surface area contributed by atoms with Gasteiger partial charge in [0, 0.05) is 16.0 Å². The molecule has 0 saturated carbocycles. The molecule has 0 aliphatic carbocycles. The van der Waals surface area contributed by atoms with Crippen LogP contribution in [0, 0.1) is 11.6 Å². The van der Waals surface area contributed by atoms with Gasteiger partial charge in [-0.3, -0.25) is 10.1 Å². The Labute approximate surface area is 149 Å². The number of aromatic nitrogens is 1. The number of carbonyl (C=O) groups excluding carboxylic acids is 1. The normalized spacial score (nSPS) is 10.7. The predicted octanol–water partition coefficient (Wildman–Crippen LogP) is 5.65. The molecule has 1 N–H and O–H groups in total. The molecule has 0 unspecified atom stereocenters. The van der Waals surface area contributed by atoms with Crippen LogP contribution in [0.15, 0.2) is 41.8 Å². The average molecular weight is 385 g/mol. The van der Waals surface area contributed by atoms with Gasteiger partial charge in [-0.2, -0.15) is 0 Å². The van der Waals surface area contributed by atoms with Crippen LogP contribution in [0.2, 0.25) is 10.0 Å². The fraction of sp³-hybridized carbons (Fsp3) is 0. The smallest absolute Gasteiger partial charge is 0.258 e. The van der Waals surface area contributed by atoms with E-state index in [9.17, 15) is 13.6 Å². The van der Waals surface area contributed by atoms with Crippen molar-refractivity contribution >= 4 is 45.6 Å². The Bertz CT molecular complexity index is 930. The SMILES string of the molecule is O=C(Nc1nc(-c2ccc(F)c(F)c2)cs1)c1ccc(Cl)cc1Cl. The second-order valence-electron chi connectivity index (χ2n) is 4.75. The Balaban J connectivity index is 1.80. The summed E-state index contributed by atoms with van der Waals surface area (Å²) in [5, 5.41) is 5.19. The monoisotopic (exact) mass is 384 g/mol. The van der Waals surface area contributed by atoms with E-state index in [0.29, 0.717) is 21.4 Å². The molecule has 122 valence electrons. The summed E-state index contributed by atoms with van der Waals surface area (Å²) in [5.74, 6) is -2.33. The van der Waals surface area contributed by atoms with E-state index in [2.05, 4.69) is 10.3 Å². The van der Waals surface area contributed by atoms with Gasteiger partial charge in [0.05, 0.1) is 16.3 Å². The van der Waals surface area contributed by atoms with Crippen LogP contribution in [-0.2, 0) is 0 Å². The third-order valence-corrected chi connectivity index (χ3v) is 4.42. The van der Waals surface area contributed by atoms with Crippen LogP contribution < -0.4 is 5.32 Å². The molecule has 0 aliphatic heterocycles. The van der Waals surface area contributed by atoms with E-state index in [4.69, 9.17) is 23.2 Å². The molecule has 2 aromatic carbocycles. The Hall–Kier alpha value is -2.02. The predicted molar refractivity (Wildman–Crippen MR) is 91.9 cm³/mol. The molecule has 3 rings (SSSR count). The first-order valence-corrected chi connectivity index (χ1v) is 8.25. The highest BCUT2D eigenvalue weighted by Gasteiger charge is 2.14. The number of benzene rings is 2. The molecule has 0 aliphatic rings. The zero-order valence-electron chi connectivity index (χ0n) is 11.8. The topological polar surface area (TPSA) is 42.0 Å². The number of thiazole rings is 1. The van der Waals surface area contributed by atoms with Gasteiger partial charge < -0.3 is 0 Å². The summed E-state index contributed by atoms with van der Waals surface area (Å²) in [7, 11) is 0. The fourth-order valence-corrected chi connectivity index (χ4v) is 3.17. The first-order chi connectivity index (χ1) is 11.4. The van der Waals surface area contributed by atoms with E-state index in [1.54, 1.807) is 11.4 Å². The van der Waals surface area contributed by atoms with Crippen molar-refractivity contribution in [2.75, 3.05) is 5.32 Å². The quantitative estimate of drug-likeness (QED) is 0.633. The van der Waals surface area contributed by atoms with Gasteiger partial charge in [0.25, 0.3) is 5.91 Å². The van der Waals surface area contributed by atoms with E-state index in [1.807, 2.05) is 0 Å². The second-order valence-corrected chi connectivity index (χ2v) is 6.45. The molecule has 24 heavy (non-hydrogen) atoms. The number of amides is 1. The Morgan fingerprint density at radius 3 is 2.58 bits per heavy atom. The Morgan fingerprint density at radius 1 is 1.08 bits per heavy atom. The summed E-state index contributed by atoms with van der Waals surface area (Å²) in [4.78, 5) is 16.4. The van der Waals surface area contributed by atoms with Gasteiger partial charge in [-0.25, -0.2) is 13.8 Å². The van der Waals surface area contributed by atoms with E-state index >= 15 is 0 Å². The van der Waals surface area contributed by atoms with Gasteiger partial charge in [0.15, 0.2) is 16.8 Å². The minimum Gasteiger partial charge on any atom is -0.298 e. The van der Waals surface area contributed by atoms with Crippen molar-refractivity contribution in [1.29, 1.82) is 0 Å². The summed E-state index contributed by atoms with van der Waals surface area (Å²) < 4.78 is 26.3. The van der Waals surface area contributed by atoms with Crippen LogP contribution in [0.3, 0.4) is 0 Å². The highest BCUT2D eigenvalue weighted by atomic mass is 35.5. The summed E-state index contributed by atoms with van der Waals surface area (Å²) in [6.45, 7) is 0. The van der Waals surface area contributed by atoms with Crippen molar-refractivity contribution in [3.63, 3.8) is 0 Å². The lowest BCUT2D eigenvalue weighted by molar-refractivity contribution is 0.102. The van der Waals surface area contributed by atoms with Crippen molar-refractivity contribution in [3.05, 3.63) is 69.0 Å². The first-order valence-electron chi connectivity index (χ1n) is 6.61. The van der Waals surface area contributed by atoms with Crippen LogP contribution in [0.1, 0.15) is 10.4 Å². The molecule has 1 amide bonds. The van der Waals surface area contributed by atoms with Crippen molar-refractivity contribution < 1.29 is 13.6 Å². The maximum atomic E-state index is 13.3. The highest BCUT2D eigenvalue weighted by Crippen LogP contribution is 2.27. The van der Waals surface area contributed by atoms with Gasteiger partial charge in [0.2, 0.25) is 0 Å². The molecule has 1 aromatic heterocycles. The van der Waals surface area contributed by atoms with E-state index in [0.717, 1.165) is 23.5 Å². The number of halogens is 4. The largest absolute Gasteiger partial charge is 0.298 e. The number of carbonyl (C=O) groups is 1. The van der Waals surface area contributed by atoms with Crippen LogP contribution >= 0.6 is 34.5 Å². The summed E-state index contributed by atoms with van der Waals surface area (Å²) in [6.07, 6.45) is 0. The second kappa shape index (κ2) is 6.84. The molecule has 0 radical (unpaired) electrons. The van der Waals surface area contributed by atoms with Crippen molar-refractivity contribution in [3.8, 4) is 11.3 Å². The van der Waals surface area contributed by atoms with E-state index < -0.39 is 17.5 Å². The standard InChI is InChI=1S/C16H8Cl2F2N2OS/c17-9-2-3-10(11(18)6-9)15(23)22-16-21-14(7-24-16)8-1-4-12(19)13(20)5-8/h1-7H,(H,21,22,23). The molecule has 8 heteroatoms. The van der Waals surface area contributed by atoms with Gasteiger partial charge in [-0.05, 0) is 36.4 Å². The van der Waals surface area contributed by atoms with Gasteiger partial charge in [-0.1, -0.05) is 23.2 Å². The fourth-order valence-electron chi connectivity index (χ4n) is 1.96. The number of hydrogen-bond donors (Lipinski definition) is 1. The van der Waals surface area contributed by atoms with E-state index in [-0.39, 0.29) is 10.6 Å². The number of nitrogens with zero attached hydrogens (tertiary/aromatic N) is 1. The third-order valence-electron chi connectivity index (χ3n) is 3.12. The van der Waals surface area contributed by atoms with Gasteiger partial charge in [0.1, 0.15) is 0 Å². The van der Waals surface area contributed by atoms with Gasteiger partial charge >= 0.3 is 0 Å². The van der Waals surface area contributed by atoms with Crippen LogP contribution in [0.5, 0.6) is 0 Å². The molecule has 1 heterocycles. The Kier molecular flexibility index (Phi) is 4.80. The maximum Gasteiger partial charge on any atom is 0.258 e. The zero-order chi connectivity index (χ0) is 17.3. The van der Waals surface area contributed by atoms with Crippen LogP contribution in [0.4, 0.5) is 13.9 Å². The molecule has 0 bridgehead atoms. The Morgan fingerprint density at radius 2 is 1.88 bits per heavy atom. The first kappa shape index (κ1) is 16.8. The van der Waals surface area contributed by atoms with Gasteiger partial charge in [-0.15, -0.1) is 11.3 Å². The lowest BCUT2D eigenvalue weighted by atomic mass is 10.2. The molecular weight excluding hydrogens is 377 g/mol. The lowest BCUT2D eigenvalue weighted by Crippen LogP contribution is -2.12. The molecular formula is C16H8Cl2F2N2OS. The van der Waals surface area contributed by atoms with Crippen molar-refractivity contribution in [2.24, 2.45) is 0 Å². The summed E-state index contributed by atoms with van der Waals surface area (Å²) in [5.41, 5.74) is 1.09. The number of nitrogens with one attached hydrogen (secondary N) is 1. The number of hydrogen-bond acceptors (Lipinski definition) is 3. The number of anilines is 1. The molecule has 0 atom stereocenters. The molecule has 3 aromatic rings. The minimum atomic E-state index is -0.959. The molecule has 0 saturated heterocycles. The van der Waals surface area contributed by atoms with E-state index in [1.165, 1.54) is 18.2 Å². The third kappa shape index (κ3) is 3.56. The lowest BCUT2D eigenvalue weighted by Gasteiger charge is -2.04. The summed E-state index contributed by atoms with van der Waals surface area (Å²) in [6, 6.07) is 8.00. The average Bonchev–Trinajstić information content (AvgIpc) is 2.98. The molecule has 0 fully saturated rings. The molecule has 0 spiro atoms. The van der Waals surface area contributed by atoms with Crippen molar-refractivity contribution in [1.82, 2.24) is 4.98 Å². The maximum absolute atomic E-state index is 13.3. The molecule has 3 nitrogen and oxygen atoms in total. The van der Waals surface area contributed by atoms with Crippen LogP contribution in [-0.4, -0.2) is 10.9 Å². The number of rotatable bonds is 3. The zero-order valence-corrected chi connectivity index (χ0v) is 14.1. The van der Waals surface area contributed by atoms with Crippen LogP contribution in [0.25, 0.3) is 11.3 Å². The summed E-state index contributed by atoms with van der Waals surface area (Å²) >= 11 is 12.9. The highest BCUT2D eigenvalue weighted by molar-refractivity contribution is 7.14.